The summed E-state index contributed by atoms with van der Waals surface area (Å²) < 4.78 is 5.51. The van der Waals surface area contributed by atoms with Crippen molar-refractivity contribution in [2.45, 2.75) is 31.8 Å². The molecule has 30 heavy (non-hydrogen) atoms. The molecule has 1 saturated heterocycles. The number of benzene rings is 2. The monoisotopic (exact) mass is 404 g/mol. The number of hydrogen-bond acceptors (Lipinski definition) is 5. The molecule has 0 aliphatic carbocycles. The van der Waals surface area contributed by atoms with Gasteiger partial charge in [-0.1, -0.05) is 36.4 Å². The van der Waals surface area contributed by atoms with Crippen molar-refractivity contribution in [1.82, 2.24) is 9.88 Å². The summed E-state index contributed by atoms with van der Waals surface area (Å²) in [6, 6.07) is 16.9. The number of rotatable bonds is 7. The van der Waals surface area contributed by atoms with Gasteiger partial charge in [-0.2, -0.15) is 0 Å². The number of nitrogens with two attached hydrogens (primary N) is 1. The van der Waals surface area contributed by atoms with Crippen LogP contribution in [0, 0.1) is 0 Å². The van der Waals surface area contributed by atoms with Crippen LogP contribution < -0.4 is 11.1 Å². The van der Waals surface area contributed by atoms with E-state index in [0.29, 0.717) is 18.1 Å². The number of hydrogen-bond donors (Lipinski definition) is 2. The normalized spacial score (nSPS) is 16.5. The van der Waals surface area contributed by atoms with Gasteiger partial charge in [0.2, 0.25) is 17.7 Å². The van der Waals surface area contributed by atoms with Crippen LogP contribution in [0.1, 0.15) is 24.1 Å². The summed E-state index contributed by atoms with van der Waals surface area (Å²) in [5.74, 6) is 0.0165. The molecule has 0 saturated carbocycles. The van der Waals surface area contributed by atoms with E-state index in [9.17, 15) is 9.59 Å². The van der Waals surface area contributed by atoms with E-state index in [1.807, 2.05) is 54.6 Å². The molecule has 1 aliphatic heterocycles. The van der Waals surface area contributed by atoms with E-state index in [2.05, 4.69) is 15.2 Å². The molecule has 1 aliphatic rings. The second-order valence-corrected chi connectivity index (χ2v) is 7.42. The summed E-state index contributed by atoms with van der Waals surface area (Å²) in [4.78, 5) is 30.8. The number of likely N-dealkylation sites (tertiary alicyclic amines) is 1. The molecule has 1 fully saturated rings. The molecule has 1 aromatic heterocycles. The quantitative estimate of drug-likeness (QED) is 0.630. The fourth-order valence-electron chi connectivity index (χ4n) is 3.80. The first kappa shape index (κ1) is 19.8. The van der Waals surface area contributed by atoms with Crippen molar-refractivity contribution >= 4 is 17.5 Å². The summed E-state index contributed by atoms with van der Waals surface area (Å²) in [5, 5.41) is 2.96. The van der Waals surface area contributed by atoms with Crippen LogP contribution in [0.3, 0.4) is 0 Å². The van der Waals surface area contributed by atoms with Crippen molar-refractivity contribution in [3.8, 4) is 11.5 Å². The zero-order valence-corrected chi connectivity index (χ0v) is 16.6. The highest BCUT2D eigenvalue weighted by Gasteiger charge is 2.29. The van der Waals surface area contributed by atoms with Gasteiger partial charge in [0.15, 0.2) is 0 Å². The number of aromatic nitrogens is 1. The Bertz CT molecular complexity index is 1030. The average Bonchev–Trinajstić information content (AvgIpc) is 3.40. The Kier molecular flexibility index (Phi) is 5.90. The van der Waals surface area contributed by atoms with E-state index in [-0.39, 0.29) is 24.3 Å². The first-order chi connectivity index (χ1) is 14.6. The van der Waals surface area contributed by atoms with Gasteiger partial charge in [-0.15, -0.1) is 0 Å². The fraction of sp³-hybridized carbons (Fsp3) is 0.261. The van der Waals surface area contributed by atoms with Gasteiger partial charge in [-0.3, -0.25) is 14.5 Å². The Morgan fingerprint density at radius 1 is 1.13 bits per heavy atom. The topological polar surface area (TPSA) is 101 Å². The van der Waals surface area contributed by atoms with Gasteiger partial charge in [0.1, 0.15) is 6.26 Å². The Labute approximate surface area is 174 Å². The zero-order chi connectivity index (χ0) is 20.9. The standard InChI is InChI=1S/C23H24N4O3/c24-22(29)20-11-6-12-27(20)14-17-9-4-5-10-19(17)26-21(28)13-18-15-30-23(25-18)16-7-2-1-3-8-16/h1-5,7-10,15,20H,6,11-14H2,(H2,24,29)(H,26,28). The number of anilines is 1. The van der Waals surface area contributed by atoms with E-state index in [0.717, 1.165) is 36.2 Å². The van der Waals surface area contributed by atoms with Gasteiger partial charge in [0.25, 0.3) is 0 Å². The van der Waals surface area contributed by atoms with Crippen LogP contribution >= 0.6 is 0 Å². The summed E-state index contributed by atoms with van der Waals surface area (Å²) in [6.45, 7) is 1.38. The van der Waals surface area contributed by atoms with E-state index in [1.54, 1.807) is 0 Å². The smallest absolute Gasteiger partial charge is 0.234 e. The predicted molar refractivity (Wildman–Crippen MR) is 113 cm³/mol. The molecule has 2 heterocycles. The van der Waals surface area contributed by atoms with Gasteiger partial charge < -0.3 is 15.5 Å². The Morgan fingerprint density at radius 3 is 2.70 bits per heavy atom. The maximum Gasteiger partial charge on any atom is 0.234 e. The Morgan fingerprint density at radius 2 is 1.90 bits per heavy atom. The lowest BCUT2D eigenvalue weighted by Gasteiger charge is -2.23. The van der Waals surface area contributed by atoms with Crippen molar-refractivity contribution < 1.29 is 14.0 Å². The number of carbonyl (C=O) groups is 2. The molecule has 3 N–H and O–H groups in total. The van der Waals surface area contributed by atoms with Gasteiger partial charge in [0.05, 0.1) is 18.2 Å². The highest BCUT2D eigenvalue weighted by molar-refractivity contribution is 5.92. The molecule has 4 rings (SSSR count). The van der Waals surface area contributed by atoms with E-state index in [1.165, 1.54) is 6.26 Å². The average molecular weight is 404 g/mol. The minimum absolute atomic E-state index is 0.109. The molecule has 0 radical (unpaired) electrons. The highest BCUT2D eigenvalue weighted by Crippen LogP contribution is 2.24. The summed E-state index contributed by atoms with van der Waals surface area (Å²) in [6.07, 6.45) is 3.34. The zero-order valence-electron chi connectivity index (χ0n) is 16.6. The van der Waals surface area contributed by atoms with Crippen molar-refractivity contribution in [2.75, 3.05) is 11.9 Å². The van der Waals surface area contributed by atoms with E-state index in [4.69, 9.17) is 10.2 Å². The van der Waals surface area contributed by atoms with Gasteiger partial charge >= 0.3 is 0 Å². The van der Waals surface area contributed by atoms with Crippen molar-refractivity contribution in [2.24, 2.45) is 5.73 Å². The molecule has 154 valence electrons. The first-order valence-electron chi connectivity index (χ1n) is 10.0. The summed E-state index contributed by atoms with van der Waals surface area (Å²) in [7, 11) is 0. The lowest BCUT2D eigenvalue weighted by atomic mass is 10.1. The molecule has 2 aromatic carbocycles. The lowest BCUT2D eigenvalue weighted by Crippen LogP contribution is -2.39. The van der Waals surface area contributed by atoms with Crippen LogP contribution in [0.4, 0.5) is 5.69 Å². The maximum atomic E-state index is 12.6. The number of amides is 2. The SMILES string of the molecule is NC(=O)C1CCCN1Cc1ccccc1NC(=O)Cc1coc(-c2ccccc2)n1. The van der Waals surface area contributed by atoms with Crippen LogP contribution in [-0.2, 0) is 22.6 Å². The number of oxazole rings is 1. The van der Waals surface area contributed by atoms with Crippen LogP contribution in [0.5, 0.6) is 0 Å². The lowest BCUT2D eigenvalue weighted by molar-refractivity contribution is -0.122. The van der Waals surface area contributed by atoms with Gasteiger partial charge in [0, 0.05) is 17.8 Å². The number of para-hydroxylation sites is 1. The van der Waals surface area contributed by atoms with Crippen LogP contribution in [0.2, 0.25) is 0 Å². The Hall–Kier alpha value is -3.45. The molecule has 3 aromatic rings. The van der Waals surface area contributed by atoms with Crippen LogP contribution in [-0.4, -0.2) is 34.3 Å². The van der Waals surface area contributed by atoms with Gasteiger partial charge in [-0.05, 0) is 43.1 Å². The number of nitrogens with zero attached hydrogens (tertiary/aromatic N) is 2. The third kappa shape index (κ3) is 4.58. The molecule has 7 nitrogen and oxygen atoms in total. The Balaban J connectivity index is 1.42. The number of nitrogens with one attached hydrogen (secondary N) is 1. The summed E-state index contributed by atoms with van der Waals surface area (Å²) in [5.41, 5.74) is 8.63. The van der Waals surface area contributed by atoms with E-state index >= 15 is 0 Å². The van der Waals surface area contributed by atoms with Crippen molar-refractivity contribution in [3.63, 3.8) is 0 Å². The van der Waals surface area contributed by atoms with E-state index < -0.39 is 0 Å². The molecule has 1 atom stereocenters. The van der Waals surface area contributed by atoms with Crippen LogP contribution in [0.15, 0.2) is 65.3 Å². The molecular formula is C23H24N4O3. The number of carbonyl (C=O) groups excluding carboxylic acids is 2. The minimum atomic E-state index is -0.297. The highest BCUT2D eigenvalue weighted by atomic mass is 16.3. The molecule has 1 unspecified atom stereocenters. The maximum absolute atomic E-state index is 12.6. The molecule has 7 heteroatoms. The fourth-order valence-corrected chi connectivity index (χ4v) is 3.80. The molecule has 0 bridgehead atoms. The van der Waals surface area contributed by atoms with Crippen LogP contribution in [0.25, 0.3) is 11.5 Å². The van der Waals surface area contributed by atoms with Crippen molar-refractivity contribution in [1.29, 1.82) is 0 Å². The third-order valence-electron chi connectivity index (χ3n) is 5.27. The molecular weight excluding hydrogens is 380 g/mol. The third-order valence-corrected chi connectivity index (χ3v) is 5.27. The van der Waals surface area contributed by atoms with Gasteiger partial charge in [-0.25, -0.2) is 4.98 Å². The largest absolute Gasteiger partial charge is 0.444 e. The predicted octanol–water partition coefficient (Wildman–Crippen LogP) is 2.97. The first-order valence-corrected chi connectivity index (χ1v) is 10.0. The second-order valence-electron chi connectivity index (χ2n) is 7.42. The summed E-state index contributed by atoms with van der Waals surface area (Å²) >= 11 is 0. The molecule has 0 spiro atoms. The van der Waals surface area contributed by atoms with Crippen molar-refractivity contribution in [3.05, 3.63) is 72.1 Å². The number of primary amides is 1. The second kappa shape index (κ2) is 8.92. The minimum Gasteiger partial charge on any atom is -0.444 e. The molecule has 2 amide bonds.